The van der Waals surface area contributed by atoms with Crippen LogP contribution in [0.5, 0.6) is 0 Å². The number of esters is 1. The molecular weight excluding hydrogens is 342 g/mol. The van der Waals surface area contributed by atoms with Gasteiger partial charge in [-0.2, -0.15) is 5.10 Å². The van der Waals surface area contributed by atoms with Crippen molar-refractivity contribution in [3.63, 3.8) is 0 Å². The number of benzene rings is 1. The highest BCUT2D eigenvalue weighted by Crippen LogP contribution is 2.28. The minimum atomic E-state index is -0.349. The molecule has 1 aliphatic heterocycles. The van der Waals surface area contributed by atoms with Crippen LogP contribution in [0.4, 0.5) is 5.69 Å². The van der Waals surface area contributed by atoms with Crippen molar-refractivity contribution < 1.29 is 19.1 Å². The van der Waals surface area contributed by atoms with Crippen LogP contribution in [0.15, 0.2) is 29.4 Å². The van der Waals surface area contributed by atoms with E-state index >= 15 is 0 Å². The Morgan fingerprint density at radius 1 is 1.32 bits per heavy atom. The molecule has 1 aliphatic rings. The lowest BCUT2D eigenvalue weighted by Crippen LogP contribution is -2.34. The minimum absolute atomic E-state index is 0.109. The highest BCUT2D eigenvalue weighted by molar-refractivity contribution is 7.20. The number of hydrazone groups is 1. The molecular formula is C17H17N3O4S. The molecule has 0 saturated carbocycles. The number of hydrogen-bond donors (Lipinski definition) is 1. The van der Waals surface area contributed by atoms with Gasteiger partial charge in [-0.25, -0.2) is 9.80 Å². The van der Waals surface area contributed by atoms with Gasteiger partial charge in [0.2, 0.25) is 5.91 Å². The van der Waals surface area contributed by atoms with Crippen molar-refractivity contribution in [3.05, 3.63) is 29.1 Å². The molecule has 0 aliphatic carbocycles. The number of carbonyl (C=O) groups excluding carboxylic acids is 3. The second-order valence-electron chi connectivity index (χ2n) is 5.50. The lowest BCUT2D eigenvalue weighted by molar-refractivity contribution is -0.130. The largest absolute Gasteiger partial charge is 0.462 e. The zero-order chi connectivity index (χ0) is 18.0. The van der Waals surface area contributed by atoms with E-state index in [1.165, 1.54) is 23.4 Å². The van der Waals surface area contributed by atoms with Gasteiger partial charge in [-0.3, -0.25) is 9.59 Å². The Bertz CT molecular complexity index is 887. The van der Waals surface area contributed by atoms with E-state index in [1.807, 2.05) is 6.07 Å². The second-order valence-corrected chi connectivity index (χ2v) is 6.59. The van der Waals surface area contributed by atoms with Crippen LogP contribution in [0.2, 0.25) is 0 Å². The van der Waals surface area contributed by atoms with Crippen LogP contribution in [0.25, 0.3) is 10.1 Å². The van der Waals surface area contributed by atoms with Gasteiger partial charge in [0.1, 0.15) is 10.6 Å². The maximum atomic E-state index is 12.3. The summed E-state index contributed by atoms with van der Waals surface area (Å²) in [6.45, 7) is 2.09. The second kappa shape index (κ2) is 7.02. The van der Waals surface area contributed by atoms with Crippen molar-refractivity contribution in [2.24, 2.45) is 5.10 Å². The Morgan fingerprint density at radius 2 is 2.12 bits per heavy atom. The van der Waals surface area contributed by atoms with E-state index < -0.39 is 0 Å². The van der Waals surface area contributed by atoms with Crippen LogP contribution in [0.3, 0.4) is 0 Å². The number of thiophene rings is 1. The van der Waals surface area contributed by atoms with Crippen molar-refractivity contribution in [3.8, 4) is 0 Å². The number of hydrogen-bond acceptors (Lipinski definition) is 6. The van der Waals surface area contributed by atoms with E-state index in [1.54, 1.807) is 25.1 Å². The fourth-order valence-electron chi connectivity index (χ4n) is 2.46. The number of ether oxygens (including phenoxy) is 1. The molecule has 0 spiro atoms. The number of fused-ring (bicyclic) bond motifs is 1. The fourth-order valence-corrected chi connectivity index (χ4v) is 3.40. The van der Waals surface area contributed by atoms with Gasteiger partial charge in [-0.15, -0.1) is 11.3 Å². The first-order valence-electron chi connectivity index (χ1n) is 7.84. The molecule has 0 fully saturated rings. The van der Waals surface area contributed by atoms with E-state index in [2.05, 4.69) is 10.4 Å². The summed E-state index contributed by atoms with van der Waals surface area (Å²) in [6.07, 6.45) is 0.595. The highest BCUT2D eigenvalue weighted by Gasteiger charge is 2.22. The van der Waals surface area contributed by atoms with E-state index in [-0.39, 0.29) is 24.2 Å². The lowest BCUT2D eigenvalue weighted by atomic mass is 10.1. The van der Waals surface area contributed by atoms with Crippen LogP contribution in [0.1, 0.15) is 29.4 Å². The Kier molecular flexibility index (Phi) is 4.80. The van der Waals surface area contributed by atoms with Crippen LogP contribution in [0, 0.1) is 0 Å². The molecule has 3 rings (SSSR count). The fraction of sp³-hybridized carbons (Fsp3) is 0.294. The number of amides is 2. The van der Waals surface area contributed by atoms with Gasteiger partial charge in [0.25, 0.3) is 5.91 Å². The van der Waals surface area contributed by atoms with Crippen molar-refractivity contribution in [2.75, 3.05) is 19.0 Å². The first kappa shape index (κ1) is 17.1. The number of nitrogens with zero attached hydrogens (tertiary/aromatic N) is 2. The lowest BCUT2D eigenvalue weighted by Gasteiger charge is -2.18. The average molecular weight is 359 g/mol. The maximum Gasteiger partial charge on any atom is 0.348 e. The third kappa shape index (κ3) is 3.69. The SMILES string of the molecule is CCOC(=O)c1cc2cc(NC(=O)C3=NN(C)C(=O)CC3)ccc2s1. The number of rotatable bonds is 4. The summed E-state index contributed by atoms with van der Waals surface area (Å²) < 4.78 is 5.94. The molecule has 0 radical (unpaired) electrons. The first-order chi connectivity index (χ1) is 12.0. The smallest absolute Gasteiger partial charge is 0.348 e. The maximum absolute atomic E-state index is 12.3. The topological polar surface area (TPSA) is 88.1 Å². The zero-order valence-electron chi connectivity index (χ0n) is 13.9. The van der Waals surface area contributed by atoms with E-state index in [9.17, 15) is 14.4 Å². The Hall–Kier alpha value is -2.74. The summed E-state index contributed by atoms with van der Waals surface area (Å²) in [5, 5.41) is 8.82. The van der Waals surface area contributed by atoms with E-state index in [0.29, 0.717) is 29.3 Å². The predicted octanol–water partition coefficient (Wildman–Crippen LogP) is 2.62. The summed E-state index contributed by atoms with van der Waals surface area (Å²) in [6, 6.07) is 7.16. The summed E-state index contributed by atoms with van der Waals surface area (Å²) in [7, 11) is 1.53. The van der Waals surface area contributed by atoms with Gasteiger partial charge >= 0.3 is 5.97 Å². The molecule has 25 heavy (non-hydrogen) atoms. The molecule has 130 valence electrons. The zero-order valence-corrected chi connectivity index (χ0v) is 14.7. The third-order valence-corrected chi connectivity index (χ3v) is 4.82. The Balaban J connectivity index is 1.78. The summed E-state index contributed by atoms with van der Waals surface area (Å²) in [5.74, 6) is -0.791. The normalized spacial score (nSPS) is 14.4. The molecule has 7 nitrogen and oxygen atoms in total. The Labute approximate surface area is 148 Å². The molecule has 2 aromatic rings. The first-order valence-corrected chi connectivity index (χ1v) is 8.65. The molecule has 2 heterocycles. The van der Waals surface area contributed by atoms with Crippen molar-refractivity contribution >= 4 is 50.6 Å². The van der Waals surface area contributed by atoms with Crippen LogP contribution in [-0.2, 0) is 14.3 Å². The van der Waals surface area contributed by atoms with Crippen molar-refractivity contribution in [2.45, 2.75) is 19.8 Å². The monoisotopic (exact) mass is 359 g/mol. The van der Waals surface area contributed by atoms with E-state index in [4.69, 9.17) is 4.74 Å². The number of carbonyl (C=O) groups is 3. The third-order valence-electron chi connectivity index (χ3n) is 3.72. The van der Waals surface area contributed by atoms with Crippen molar-refractivity contribution in [1.29, 1.82) is 0 Å². The Morgan fingerprint density at radius 3 is 2.84 bits per heavy atom. The summed E-state index contributed by atoms with van der Waals surface area (Å²) >= 11 is 1.35. The molecule has 0 bridgehead atoms. The number of nitrogens with one attached hydrogen (secondary N) is 1. The predicted molar refractivity (Wildman–Crippen MR) is 95.9 cm³/mol. The molecule has 1 N–H and O–H groups in total. The molecule has 0 atom stereocenters. The van der Waals surface area contributed by atoms with Gasteiger partial charge in [0.15, 0.2) is 0 Å². The van der Waals surface area contributed by atoms with Gasteiger partial charge < -0.3 is 10.1 Å². The van der Waals surface area contributed by atoms with Gasteiger partial charge in [-0.05, 0) is 36.6 Å². The van der Waals surface area contributed by atoms with Crippen LogP contribution >= 0.6 is 11.3 Å². The molecule has 0 unspecified atom stereocenters. The van der Waals surface area contributed by atoms with Crippen molar-refractivity contribution in [1.82, 2.24) is 5.01 Å². The van der Waals surface area contributed by atoms with Gasteiger partial charge in [0, 0.05) is 30.3 Å². The molecule has 1 aromatic carbocycles. The summed E-state index contributed by atoms with van der Waals surface area (Å²) in [4.78, 5) is 36.1. The average Bonchev–Trinajstić information content (AvgIpc) is 3.01. The molecule has 2 amide bonds. The molecule has 8 heteroatoms. The van der Waals surface area contributed by atoms with E-state index in [0.717, 1.165) is 10.1 Å². The van der Waals surface area contributed by atoms with Gasteiger partial charge in [-0.1, -0.05) is 0 Å². The molecule has 0 saturated heterocycles. The quantitative estimate of drug-likeness (QED) is 0.850. The number of anilines is 1. The minimum Gasteiger partial charge on any atom is -0.462 e. The standard InChI is InChI=1S/C17H17N3O4S/c1-3-24-17(23)14-9-10-8-11(4-6-13(10)25-14)18-16(22)12-5-7-15(21)20(2)19-12/h4,6,8-9H,3,5,7H2,1-2H3,(H,18,22). The highest BCUT2D eigenvalue weighted by atomic mass is 32.1. The van der Waals surface area contributed by atoms with Gasteiger partial charge in [0.05, 0.1) is 6.61 Å². The summed E-state index contributed by atoms with van der Waals surface area (Å²) in [5.41, 5.74) is 0.924. The van der Waals surface area contributed by atoms with Crippen LogP contribution < -0.4 is 5.32 Å². The molecule has 1 aromatic heterocycles. The van der Waals surface area contributed by atoms with Crippen LogP contribution in [-0.4, -0.2) is 42.2 Å².